The van der Waals surface area contributed by atoms with Gasteiger partial charge in [0.25, 0.3) is 0 Å². The highest BCUT2D eigenvalue weighted by atomic mass is 32.2. The van der Waals surface area contributed by atoms with Crippen LogP contribution in [0, 0.1) is 0 Å². The van der Waals surface area contributed by atoms with Gasteiger partial charge >= 0.3 is 0 Å². The fraction of sp³-hybridized carbons (Fsp3) is 0.600. The van der Waals surface area contributed by atoms with Gasteiger partial charge in [0.05, 0.1) is 0 Å². The van der Waals surface area contributed by atoms with Gasteiger partial charge in [0.1, 0.15) is 13.2 Å². The molecule has 2 unspecified atom stereocenters. The number of hydrogen-bond donors (Lipinski definition) is 1. The zero-order chi connectivity index (χ0) is 13.7. The van der Waals surface area contributed by atoms with Crippen molar-refractivity contribution in [3.63, 3.8) is 0 Å². The first kappa shape index (κ1) is 14.5. The van der Waals surface area contributed by atoms with E-state index in [-0.39, 0.29) is 0 Å². The van der Waals surface area contributed by atoms with Crippen LogP contribution in [0.1, 0.15) is 27.2 Å². The SMILES string of the molecule is CCNC(CC)C(C)Sc1ccc2c(c1)OCCO2. The van der Waals surface area contributed by atoms with Gasteiger partial charge in [-0.2, -0.15) is 0 Å². The average Bonchev–Trinajstić information content (AvgIpc) is 2.44. The monoisotopic (exact) mass is 281 g/mol. The lowest BCUT2D eigenvalue weighted by Gasteiger charge is -2.24. The van der Waals surface area contributed by atoms with Crippen LogP contribution in [0.4, 0.5) is 0 Å². The first-order chi connectivity index (χ1) is 9.24. The van der Waals surface area contributed by atoms with E-state index < -0.39 is 0 Å². The molecule has 1 aliphatic heterocycles. The first-order valence-corrected chi connectivity index (χ1v) is 7.92. The Morgan fingerprint density at radius 3 is 2.63 bits per heavy atom. The van der Waals surface area contributed by atoms with Crippen LogP contribution in [0.2, 0.25) is 0 Å². The predicted octanol–water partition coefficient (Wildman–Crippen LogP) is 3.33. The molecule has 2 rings (SSSR count). The Morgan fingerprint density at radius 1 is 1.21 bits per heavy atom. The van der Waals surface area contributed by atoms with Gasteiger partial charge in [0, 0.05) is 16.2 Å². The van der Waals surface area contributed by atoms with Gasteiger partial charge in [-0.05, 0) is 31.2 Å². The molecular weight excluding hydrogens is 258 g/mol. The summed E-state index contributed by atoms with van der Waals surface area (Å²) in [5, 5.41) is 4.07. The van der Waals surface area contributed by atoms with Crippen LogP contribution >= 0.6 is 11.8 Å². The molecule has 1 heterocycles. The third-order valence-corrected chi connectivity index (χ3v) is 4.53. The van der Waals surface area contributed by atoms with Crippen LogP contribution in [0.5, 0.6) is 11.5 Å². The Balaban J connectivity index is 2.02. The second-order valence-electron chi connectivity index (χ2n) is 4.70. The molecule has 0 amide bonds. The first-order valence-electron chi connectivity index (χ1n) is 7.04. The van der Waals surface area contributed by atoms with Crippen molar-refractivity contribution < 1.29 is 9.47 Å². The summed E-state index contributed by atoms with van der Waals surface area (Å²) in [6.07, 6.45) is 1.15. The Morgan fingerprint density at radius 2 is 1.95 bits per heavy atom. The predicted molar refractivity (Wildman–Crippen MR) is 80.5 cm³/mol. The summed E-state index contributed by atoms with van der Waals surface area (Å²) < 4.78 is 11.2. The van der Waals surface area contributed by atoms with E-state index in [2.05, 4.69) is 38.2 Å². The molecule has 0 saturated carbocycles. The minimum Gasteiger partial charge on any atom is -0.486 e. The zero-order valence-electron chi connectivity index (χ0n) is 11.9. The summed E-state index contributed by atoms with van der Waals surface area (Å²) in [6, 6.07) is 6.77. The lowest BCUT2D eigenvalue weighted by atomic mass is 10.2. The van der Waals surface area contributed by atoms with Crippen LogP contribution in [0.3, 0.4) is 0 Å². The van der Waals surface area contributed by atoms with Gasteiger partial charge in [-0.25, -0.2) is 0 Å². The second kappa shape index (κ2) is 7.06. The quantitative estimate of drug-likeness (QED) is 0.810. The molecule has 106 valence electrons. The number of hydrogen-bond acceptors (Lipinski definition) is 4. The molecule has 19 heavy (non-hydrogen) atoms. The Labute approximate surface area is 120 Å². The van der Waals surface area contributed by atoms with Crippen LogP contribution in [0.25, 0.3) is 0 Å². The second-order valence-corrected chi connectivity index (χ2v) is 6.15. The van der Waals surface area contributed by atoms with Crippen molar-refractivity contribution in [3.8, 4) is 11.5 Å². The summed E-state index contributed by atoms with van der Waals surface area (Å²) in [7, 11) is 0. The number of thioether (sulfide) groups is 1. The van der Waals surface area contributed by atoms with E-state index in [4.69, 9.17) is 9.47 Å². The van der Waals surface area contributed by atoms with Gasteiger partial charge in [-0.3, -0.25) is 0 Å². The lowest BCUT2D eigenvalue weighted by molar-refractivity contribution is 0.171. The zero-order valence-corrected chi connectivity index (χ0v) is 12.8. The van der Waals surface area contributed by atoms with E-state index >= 15 is 0 Å². The fourth-order valence-electron chi connectivity index (χ4n) is 2.30. The molecule has 0 bridgehead atoms. The summed E-state index contributed by atoms with van der Waals surface area (Å²) >= 11 is 1.89. The highest BCUT2D eigenvalue weighted by Crippen LogP contribution is 2.36. The highest BCUT2D eigenvalue weighted by Gasteiger charge is 2.17. The maximum absolute atomic E-state index is 5.63. The fourth-order valence-corrected chi connectivity index (χ4v) is 3.50. The minimum atomic E-state index is 0.535. The molecule has 0 spiro atoms. The maximum atomic E-state index is 5.63. The lowest BCUT2D eigenvalue weighted by Crippen LogP contribution is -2.35. The normalized spacial score (nSPS) is 17.0. The smallest absolute Gasteiger partial charge is 0.162 e. The van der Waals surface area contributed by atoms with E-state index in [1.807, 2.05) is 17.8 Å². The Kier molecular flexibility index (Phi) is 5.40. The molecule has 0 aromatic heterocycles. The van der Waals surface area contributed by atoms with Crippen LogP contribution < -0.4 is 14.8 Å². The van der Waals surface area contributed by atoms with Crippen molar-refractivity contribution in [2.75, 3.05) is 19.8 Å². The Hall–Kier alpha value is -0.870. The van der Waals surface area contributed by atoms with Crippen molar-refractivity contribution in [2.45, 2.75) is 43.4 Å². The van der Waals surface area contributed by atoms with Crippen molar-refractivity contribution in [1.29, 1.82) is 0 Å². The molecule has 0 saturated heterocycles. The summed E-state index contributed by atoms with van der Waals surface area (Å²) in [4.78, 5) is 1.24. The maximum Gasteiger partial charge on any atom is 0.162 e. The van der Waals surface area contributed by atoms with Crippen molar-refractivity contribution in [1.82, 2.24) is 5.32 Å². The van der Waals surface area contributed by atoms with Gasteiger partial charge in [0.15, 0.2) is 11.5 Å². The Bertz CT molecular complexity index is 411. The van der Waals surface area contributed by atoms with Crippen LogP contribution in [0.15, 0.2) is 23.1 Å². The number of fused-ring (bicyclic) bond motifs is 1. The third kappa shape index (κ3) is 3.80. The van der Waals surface area contributed by atoms with Crippen LogP contribution in [-0.2, 0) is 0 Å². The summed E-state index contributed by atoms with van der Waals surface area (Å²) in [5.74, 6) is 1.74. The number of nitrogens with one attached hydrogen (secondary N) is 1. The molecular formula is C15H23NO2S. The molecule has 3 nitrogen and oxygen atoms in total. The molecule has 0 aliphatic carbocycles. The van der Waals surface area contributed by atoms with E-state index in [1.54, 1.807) is 0 Å². The van der Waals surface area contributed by atoms with Gasteiger partial charge < -0.3 is 14.8 Å². The van der Waals surface area contributed by atoms with E-state index in [1.165, 1.54) is 4.90 Å². The largest absolute Gasteiger partial charge is 0.486 e. The van der Waals surface area contributed by atoms with Gasteiger partial charge in [0.2, 0.25) is 0 Å². The number of rotatable bonds is 6. The minimum absolute atomic E-state index is 0.535. The van der Waals surface area contributed by atoms with E-state index in [9.17, 15) is 0 Å². The van der Waals surface area contributed by atoms with Crippen molar-refractivity contribution >= 4 is 11.8 Å². The van der Waals surface area contributed by atoms with E-state index in [0.717, 1.165) is 24.5 Å². The van der Waals surface area contributed by atoms with Gasteiger partial charge in [-0.15, -0.1) is 11.8 Å². The van der Waals surface area contributed by atoms with Crippen LogP contribution in [-0.4, -0.2) is 31.1 Å². The average molecular weight is 281 g/mol. The van der Waals surface area contributed by atoms with Crippen molar-refractivity contribution in [2.24, 2.45) is 0 Å². The summed E-state index contributed by atoms with van der Waals surface area (Å²) in [5.41, 5.74) is 0. The highest BCUT2D eigenvalue weighted by molar-refractivity contribution is 8.00. The van der Waals surface area contributed by atoms with Gasteiger partial charge in [-0.1, -0.05) is 20.8 Å². The molecule has 4 heteroatoms. The van der Waals surface area contributed by atoms with E-state index in [0.29, 0.717) is 24.5 Å². The third-order valence-electron chi connectivity index (χ3n) is 3.31. The topological polar surface area (TPSA) is 30.5 Å². The molecule has 0 fully saturated rings. The molecule has 2 atom stereocenters. The van der Waals surface area contributed by atoms with Crippen molar-refractivity contribution in [3.05, 3.63) is 18.2 Å². The molecule has 1 N–H and O–H groups in total. The molecule has 1 aromatic carbocycles. The standard InChI is InChI=1S/C15H23NO2S/c1-4-13(16-5-2)11(3)19-12-6-7-14-15(10-12)18-9-8-17-14/h6-7,10-11,13,16H,4-5,8-9H2,1-3H3. The molecule has 1 aliphatic rings. The molecule has 1 aromatic rings. The number of ether oxygens (including phenoxy) is 2. The summed E-state index contributed by atoms with van der Waals surface area (Å²) in [6.45, 7) is 8.97. The molecule has 0 radical (unpaired) electrons. The number of benzene rings is 1.